The molecule has 0 spiro atoms. The second-order valence-corrected chi connectivity index (χ2v) is 2.69. The fraction of sp³-hybridized carbons (Fsp3) is 0.200. The number of rotatable bonds is 1. The third-order valence-electron chi connectivity index (χ3n) is 1.72. The van der Waals surface area contributed by atoms with Gasteiger partial charge in [-0.25, -0.2) is 0 Å². The Morgan fingerprint density at radius 1 is 1.57 bits per heavy atom. The Balaban J connectivity index is 3.28. The van der Waals surface area contributed by atoms with Crippen LogP contribution in [0.3, 0.4) is 0 Å². The van der Waals surface area contributed by atoms with E-state index in [1.54, 1.807) is 25.1 Å². The van der Waals surface area contributed by atoms with Gasteiger partial charge in [-0.3, -0.25) is 10.1 Å². The Labute approximate surface area is 81.3 Å². The third kappa shape index (κ3) is 2.09. The molecule has 0 atom stereocenters. The fourth-order valence-corrected chi connectivity index (χ4v) is 1.14. The zero-order chi connectivity index (χ0) is 10.6. The summed E-state index contributed by atoms with van der Waals surface area (Å²) in [5.74, 6) is 4.93. The summed E-state index contributed by atoms with van der Waals surface area (Å²) in [6, 6.07) is 4.92. The molecule has 0 unspecified atom stereocenters. The third-order valence-corrected chi connectivity index (χ3v) is 1.72. The van der Waals surface area contributed by atoms with Gasteiger partial charge in [0.1, 0.15) is 12.2 Å². The van der Waals surface area contributed by atoms with Gasteiger partial charge in [0, 0.05) is 5.56 Å². The average molecular weight is 191 g/mol. The Bertz CT molecular complexity index is 415. The minimum atomic E-state index is -0.462. The van der Waals surface area contributed by atoms with Crippen LogP contribution in [0.1, 0.15) is 11.1 Å². The van der Waals surface area contributed by atoms with E-state index in [1.165, 1.54) is 0 Å². The van der Waals surface area contributed by atoms with Gasteiger partial charge in [0.15, 0.2) is 0 Å². The van der Waals surface area contributed by atoms with Gasteiger partial charge in [0.05, 0.1) is 4.92 Å². The van der Waals surface area contributed by atoms with Gasteiger partial charge < -0.3 is 5.11 Å². The lowest BCUT2D eigenvalue weighted by Gasteiger charge is -1.98. The number of benzene rings is 1. The lowest BCUT2D eigenvalue weighted by Crippen LogP contribution is -1.95. The highest BCUT2D eigenvalue weighted by atomic mass is 16.6. The van der Waals surface area contributed by atoms with Crippen LogP contribution in [0.2, 0.25) is 0 Å². The predicted molar refractivity (Wildman–Crippen MR) is 51.8 cm³/mol. The smallest absolute Gasteiger partial charge is 0.287 e. The monoisotopic (exact) mass is 191 g/mol. The van der Waals surface area contributed by atoms with Crippen LogP contribution >= 0.6 is 0 Å². The molecule has 14 heavy (non-hydrogen) atoms. The van der Waals surface area contributed by atoms with Crippen LogP contribution in [-0.2, 0) is 0 Å². The van der Waals surface area contributed by atoms with E-state index in [0.717, 1.165) is 0 Å². The van der Waals surface area contributed by atoms with Crippen molar-refractivity contribution in [3.05, 3.63) is 39.4 Å². The molecular formula is C10H9NO3. The minimum Gasteiger partial charge on any atom is -0.384 e. The van der Waals surface area contributed by atoms with Crippen molar-refractivity contribution in [1.82, 2.24) is 0 Å². The number of hydrogen-bond acceptors (Lipinski definition) is 3. The van der Waals surface area contributed by atoms with E-state index >= 15 is 0 Å². The second kappa shape index (κ2) is 4.40. The molecule has 4 nitrogen and oxygen atoms in total. The van der Waals surface area contributed by atoms with Gasteiger partial charge in [-0.2, -0.15) is 0 Å². The highest BCUT2D eigenvalue weighted by molar-refractivity contribution is 5.55. The van der Waals surface area contributed by atoms with E-state index in [4.69, 9.17) is 5.11 Å². The highest BCUT2D eigenvalue weighted by Crippen LogP contribution is 2.21. The first-order chi connectivity index (χ1) is 6.66. The van der Waals surface area contributed by atoms with Crippen molar-refractivity contribution in [3.8, 4) is 11.8 Å². The van der Waals surface area contributed by atoms with E-state index in [1.807, 2.05) is 0 Å². The average Bonchev–Trinajstić information content (AvgIpc) is 2.14. The van der Waals surface area contributed by atoms with Crippen LogP contribution < -0.4 is 0 Å². The lowest BCUT2D eigenvalue weighted by molar-refractivity contribution is -0.385. The maximum Gasteiger partial charge on any atom is 0.287 e. The van der Waals surface area contributed by atoms with Crippen LogP contribution in [0.5, 0.6) is 0 Å². The maximum atomic E-state index is 10.7. The van der Waals surface area contributed by atoms with Gasteiger partial charge in [0.2, 0.25) is 0 Å². The minimum absolute atomic E-state index is 0.00782. The van der Waals surface area contributed by atoms with Crippen molar-refractivity contribution in [1.29, 1.82) is 0 Å². The molecule has 1 N–H and O–H groups in total. The van der Waals surface area contributed by atoms with Crippen molar-refractivity contribution in [2.45, 2.75) is 6.92 Å². The standard InChI is InChI=1S/C10H9NO3/c1-8-4-2-5-9(6-3-7-12)10(8)11(13)14/h2,4-5,12H,7H2,1H3. The first-order valence-corrected chi connectivity index (χ1v) is 4.00. The van der Waals surface area contributed by atoms with Crippen molar-refractivity contribution < 1.29 is 10.0 Å². The molecule has 0 saturated carbocycles. The molecule has 0 bridgehead atoms. The van der Waals surface area contributed by atoms with Gasteiger partial charge >= 0.3 is 0 Å². The van der Waals surface area contributed by atoms with Gasteiger partial charge in [0.25, 0.3) is 5.69 Å². The Morgan fingerprint density at radius 3 is 2.86 bits per heavy atom. The molecule has 4 heteroatoms. The fourth-order valence-electron chi connectivity index (χ4n) is 1.14. The molecular weight excluding hydrogens is 182 g/mol. The molecule has 0 amide bonds. The summed E-state index contributed by atoms with van der Waals surface area (Å²) in [5.41, 5.74) is 0.914. The number of aryl methyl sites for hydroxylation is 1. The zero-order valence-corrected chi connectivity index (χ0v) is 7.65. The van der Waals surface area contributed by atoms with E-state index in [2.05, 4.69) is 11.8 Å². The van der Waals surface area contributed by atoms with E-state index < -0.39 is 4.92 Å². The normalized spacial score (nSPS) is 9.00. The molecule has 1 aromatic carbocycles. The lowest BCUT2D eigenvalue weighted by atomic mass is 10.1. The van der Waals surface area contributed by atoms with Crippen molar-refractivity contribution in [3.63, 3.8) is 0 Å². The molecule has 0 fully saturated rings. The molecule has 0 aliphatic carbocycles. The van der Waals surface area contributed by atoms with Crippen LogP contribution in [0.15, 0.2) is 18.2 Å². The summed E-state index contributed by atoms with van der Waals surface area (Å²) in [6.07, 6.45) is 0. The summed E-state index contributed by atoms with van der Waals surface area (Å²) in [5, 5.41) is 19.2. The van der Waals surface area contributed by atoms with E-state index in [0.29, 0.717) is 11.1 Å². The Kier molecular flexibility index (Phi) is 3.21. The highest BCUT2D eigenvalue weighted by Gasteiger charge is 2.14. The van der Waals surface area contributed by atoms with Crippen LogP contribution in [0.25, 0.3) is 0 Å². The number of para-hydroxylation sites is 1. The maximum absolute atomic E-state index is 10.7. The van der Waals surface area contributed by atoms with E-state index in [-0.39, 0.29) is 12.3 Å². The zero-order valence-electron chi connectivity index (χ0n) is 7.65. The van der Waals surface area contributed by atoms with Gasteiger partial charge in [-0.05, 0) is 13.0 Å². The Morgan fingerprint density at radius 2 is 2.29 bits per heavy atom. The summed E-state index contributed by atoms with van der Waals surface area (Å²) in [4.78, 5) is 10.2. The number of nitrogens with zero attached hydrogens (tertiary/aromatic N) is 1. The summed E-state index contributed by atoms with van der Waals surface area (Å²) in [6.45, 7) is 1.35. The number of aliphatic hydroxyl groups is 1. The van der Waals surface area contributed by atoms with Gasteiger partial charge in [-0.1, -0.05) is 24.0 Å². The van der Waals surface area contributed by atoms with Crippen LogP contribution in [-0.4, -0.2) is 16.6 Å². The molecule has 0 heterocycles. The quantitative estimate of drug-likeness (QED) is 0.412. The first kappa shape index (κ1) is 10.2. The number of aliphatic hydroxyl groups excluding tert-OH is 1. The van der Waals surface area contributed by atoms with Gasteiger partial charge in [-0.15, -0.1) is 0 Å². The molecule has 72 valence electrons. The van der Waals surface area contributed by atoms with Crippen molar-refractivity contribution in [2.24, 2.45) is 0 Å². The van der Waals surface area contributed by atoms with E-state index in [9.17, 15) is 10.1 Å². The summed E-state index contributed by atoms with van der Waals surface area (Å²) >= 11 is 0. The summed E-state index contributed by atoms with van der Waals surface area (Å²) < 4.78 is 0. The Hall–Kier alpha value is -1.86. The molecule has 1 rings (SSSR count). The molecule has 1 aromatic rings. The van der Waals surface area contributed by atoms with Crippen molar-refractivity contribution >= 4 is 5.69 Å². The first-order valence-electron chi connectivity index (χ1n) is 4.00. The summed E-state index contributed by atoms with van der Waals surface area (Å²) in [7, 11) is 0. The second-order valence-electron chi connectivity index (χ2n) is 2.69. The molecule has 0 aliphatic rings. The van der Waals surface area contributed by atoms with Crippen LogP contribution in [0, 0.1) is 28.9 Å². The molecule has 0 aliphatic heterocycles. The predicted octanol–water partition coefficient (Wildman–Crippen LogP) is 1.25. The topological polar surface area (TPSA) is 63.4 Å². The number of hydrogen-bond donors (Lipinski definition) is 1. The number of nitro benzene ring substituents is 1. The van der Waals surface area contributed by atoms with Crippen molar-refractivity contribution in [2.75, 3.05) is 6.61 Å². The molecule has 0 saturated heterocycles. The largest absolute Gasteiger partial charge is 0.384 e. The molecule has 0 radical (unpaired) electrons. The molecule has 0 aromatic heterocycles. The van der Waals surface area contributed by atoms with Crippen LogP contribution in [0.4, 0.5) is 5.69 Å². The number of nitro groups is 1. The SMILES string of the molecule is Cc1cccc(C#CCO)c1[N+](=O)[O-].